The summed E-state index contributed by atoms with van der Waals surface area (Å²) in [6, 6.07) is 6.69. The first-order chi connectivity index (χ1) is 17.6. The van der Waals surface area contributed by atoms with Crippen molar-refractivity contribution in [2.75, 3.05) is 20.2 Å². The summed E-state index contributed by atoms with van der Waals surface area (Å²) in [5.41, 5.74) is 0.134. The van der Waals surface area contributed by atoms with E-state index in [9.17, 15) is 14.4 Å². The Hall–Kier alpha value is -3.80. The number of nitrogens with zero attached hydrogens (tertiary/aromatic N) is 3. The lowest BCUT2D eigenvalue weighted by atomic mass is 10.1. The summed E-state index contributed by atoms with van der Waals surface area (Å²) in [5.74, 6) is 1.00. The van der Waals surface area contributed by atoms with Crippen molar-refractivity contribution in [1.82, 2.24) is 20.2 Å². The van der Waals surface area contributed by atoms with Gasteiger partial charge in [0.2, 0.25) is 11.8 Å². The number of hydrogen-bond acceptors (Lipinski definition) is 10. The van der Waals surface area contributed by atoms with Crippen molar-refractivity contribution < 1.29 is 33.3 Å². The number of amides is 3. The Morgan fingerprint density at radius 3 is 2.49 bits per heavy atom. The fourth-order valence-corrected chi connectivity index (χ4v) is 4.32. The number of thioether (sulfide) groups is 1. The molecule has 2 aliphatic rings. The molecule has 1 aromatic heterocycles. The van der Waals surface area contributed by atoms with Gasteiger partial charge in [-0.25, -0.2) is 14.8 Å². The van der Waals surface area contributed by atoms with Crippen LogP contribution in [0.25, 0.3) is 6.08 Å². The fourth-order valence-electron chi connectivity index (χ4n) is 3.64. The van der Waals surface area contributed by atoms with Gasteiger partial charge in [0.15, 0.2) is 11.5 Å². The molecule has 4 rings (SSSR count). The summed E-state index contributed by atoms with van der Waals surface area (Å²) in [6.07, 6.45) is 3.80. The van der Waals surface area contributed by atoms with Crippen LogP contribution in [0.4, 0.5) is 9.59 Å². The summed E-state index contributed by atoms with van der Waals surface area (Å²) in [5, 5.41) is 1.82. The van der Waals surface area contributed by atoms with Crippen LogP contribution < -0.4 is 19.5 Å². The molecule has 0 radical (unpaired) electrons. The number of methoxy groups -OCH3 is 1. The summed E-state index contributed by atoms with van der Waals surface area (Å²) >= 11 is 0.841. The van der Waals surface area contributed by atoms with Crippen molar-refractivity contribution in [3.05, 3.63) is 41.1 Å². The van der Waals surface area contributed by atoms with Crippen LogP contribution in [0, 0.1) is 0 Å². The fraction of sp³-hybridized carbons (Fsp3) is 0.400. The Labute approximate surface area is 218 Å². The molecular formula is C25H28N4O7S. The minimum Gasteiger partial charge on any atom is -0.493 e. The highest BCUT2D eigenvalue weighted by Crippen LogP contribution is 2.34. The van der Waals surface area contributed by atoms with E-state index in [1.807, 2.05) is 20.8 Å². The molecule has 2 fully saturated rings. The van der Waals surface area contributed by atoms with Crippen molar-refractivity contribution >= 4 is 35.1 Å². The molecule has 2 aromatic rings. The van der Waals surface area contributed by atoms with Gasteiger partial charge in [0.05, 0.1) is 18.1 Å². The van der Waals surface area contributed by atoms with Crippen LogP contribution in [0.1, 0.15) is 39.2 Å². The molecule has 0 saturated carbocycles. The molecular weight excluding hydrogens is 500 g/mol. The number of rotatable bonds is 6. The monoisotopic (exact) mass is 528 g/mol. The Morgan fingerprint density at radius 2 is 1.84 bits per heavy atom. The second-order valence-electron chi connectivity index (χ2n) is 9.34. The average Bonchev–Trinajstić information content (AvgIpc) is 3.15. The van der Waals surface area contributed by atoms with Crippen LogP contribution in [-0.2, 0) is 9.53 Å². The lowest BCUT2D eigenvalue weighted by Gasteiger charge is -2.33. The number of carbonyl (C=O) groups excluding carboxylic acids is 3. The normalized spacial score (nSPS) is 17.5. The summed E-state index contributed by atoms with van der Waals surface area (Å²) in [4.78, 5) is 45.8. The molecule has 1 aromatic carbocycles. The first-order valence-electron chi connectivity index (χ1n) is 11.7. The maximum absolute atomic E-state index is 12.3. The number of carbonyl (C=O) groups is 3. The largest absolute Gasteiger partial charge is 0.493 e. The molecule has 1 N–H and O–H groups in total. The number of aromatic nitrogens is 2. The lowest BCUT2D eigenvalue weighted by Crippen LogP contribution is -2.44. The number of imide groups is 1. The number of piperidine rings is 1. The molecule has 12 heteroatoms. The van der Waals surface area contributed by atoms with E-state index >= 15 is 0 Å². The summed E-state index contributed by atoms with van der Waals surface area (Å²) < 4.78 is 22.8. The molecule has 3 heterocycles. The maximum atomic E-state index is 12.3. The zero-order valence-corrected chi connectivity index (χ0v) is 21.8. The van der Waals surface area contributed by atoms with E-state index in [4.69, 9.17) is 18.9 Å². The van der Waals surface area contributed by atoms with E-state index in [1.54, 1.807) is 35.2 Å². The van der Waals surface area contributed by atoms with Crippen LogP contribution >= 0.6 is 11.8 Å². The molecule has 0 spiro atoms. The van der Waals surface area contributed by atoms with Gasteiger partial charge in [-0.3, -0.25) is 14.9 Å². The standard InChI is InChI=1S/C25H28N4O7S/c1-25(2,3)36-24(32)29-9-7-16(8-10-29)34-20-13-21(27-14-26-20)35-17-6-5-15(11-18(17)33-4)12-19-22(30)28-23(31)37-19/h5-6,11-14,16H,7-10H2,1-4H3,(H,28,30,31)/b19-12-. The van der Waals surface area contributed by atoms with Gasteiger partial charge in [-0.2, -0.15) is 0 Å². The highest BCUT2D eigenvalue weighted by molar-refractivity contribution is 8.18. The van der Waals surface area contributed by atoms with E-state index in [0.717, 1.165) is 11.8 Å². The van der Waals surface area contributed by atoms with Crippen molar-refractivity contribution in [3.63, 3.8) is 0 Å². The third-order valence-corrected chi connectivity index (χ3v) is 6.15. The molecule has 2 aliphatic heterocycles. The van der Waals surface area contributed by atoms with Crippen LogP contribution in [-0.4, -0.2) is 64.0 Å². The molecule has 37 heavy (non-hydrogen) atoms. The first kappa shape index (κ1) is 26.3. The highest BCUT2D eigenvalue weighted by Gasteiger charge is 2.28. The van der Waals surface area contributed by atoms with Crippen molar-refractivity contribution in [3.8, 4) is 23.3 Å². The number of ether oxygens (including phenoxy) is 4. The Morgan fingerprint density at radius 1 is 1.11 bits per heavy atom. The van der Waals surface area contributed by atoms with Gasteiger partial charge >= 0.3 is 6.09 Å². The number of nitrogens with one attached hydrogen (secondary N) is 1. The molecule has 11 nitrogen and oxygen atoms in total. The van der Waals surface area contributed by atoms with Gasteiger partial charge in [-0.15, -0.1) is 0 Å². The quantitative estimate of drug-likeness (QED) is 0.539. The second kappa shape index (κ2) is 11.1. The average molecular weight is 529 g/mol. The minimum atomic E-state index is -0.534. The zero-order chi connectivity index (χ0) is 26.6. The van der Waals surface area contributed by atoms with Crippen molar-refractivity contribution in [2.24, 2.45) is 0 Å². The van der Waals surface area contributed by atoms with Gasteiger partial charge in [-0.1, -0.05) is 6.07 Å². The molecule has 2 saturated heterocycles. The van der Waals surface area contributed by atoms with Crippen LogP contribution in [0.2, 0.25) is 0 Å². The van der Waals surface area contributed by atoms with Crippen molar-refractivity contribution in [2.45, 2.75) is 45.3 Å². The van der Waals surface area contributed by atoms with E-state index in [2.05, 4.69) is 15.3 Å². The highest BCUT2D eigenvalue weighted by atomic mass is 32.2. The Bertz CT molecular complexity index is 1220. The third-order valence-electron chi connectivity index (χ3n) is 5.34. The predicted molar refractivity (Wildman–Crippen MR) is 136 cm³/mol. The van der Waals surface area contributed by atoms with E-state index < -0.39 is 16.7 Å². The molecule has 196 valence electrons. The predicted octanol–water partition coefficient (Wildman–Crippen LogP) is 4.38. The van der Waals surface area contributed by atoms with Crippen molar-refractivity contribution in [1.29, 1.82) is 0 Å². The second-order valence-corrected chi connectivity index (χ2v) is 10.4. The smallest absolute Gasteiger partial charge is 0.410 e. The summed E-state index contributed by atoms with van der Waals surface area (Å²) in [6.45, 7) is 6.59. The molecule has 0 unspecified atom stereocenters. The van der Waals surface area contributed by atoms with E-state index in [-0.39, 0.29) is 18.1 Å². The Kier molecular flexibility index (Phi) is 7.86. The van der Waals surface area contributed by atoms with E-state index in [1.165, 1.54) is 13.4 Å². The number of benzene rings is 1. The number of hydrogen-bond donors (Lipinski definition) is 1. The first-order valence-corrected chi connectivity index (χ1v) is 12.5. The van der Waals surface area contributed by atoms with Gasteiger partial charge in [0, 0.05) is 25.9 Å². The van der Waals surface area contributed by atoms with Gasteiger partial charge in [-0.05, 0) is 56.3 Å². The lowest BCUT2D eigenvalue weighted by molar-refractivity contribution is -0.115. The SMILES string of the molecule is COc1cc(/C=C2\SC(=O)NC2=O)ccc1Oc1cc(OC2CCN(C(=O)OC(C)(C)C)CC2)ncn1. The van der Waals surface area contributed by atoms with Crippen LogP contribution in [0.3, 0.4) is 0 Å². The van der Waals surface area contributed by atoms with Gasteiger partial charge in [0.25, 0.3) is 11.1 Å². The third kappa shape index (κ3) is 7.13. The topological polar surface area (TPSA) is 129 Å². The molecule has 3 amide bonds. The Balaban J connectivity index is 1.37. The van der Waals surface area contributed by atoms with Gasteiger partial charge < -0.3 is 23.8 Å². The minimum absolute atomic E-state index is 0.110. The zero-order valence-electron chi connectivity index (χ0n) is 21.0. The molecule has 0 atom stereocenters. The summed E-state index contributed by atoms with van der Waals surface area (Å²) in [7, 11) is 1.50. The molecule has 0 aliphatic carbocycles. The van der Waals surface area contributed by atoms with Crippen LogP contribution in [0.15, 0.2) is 35.5 Å². The maximum Gasteiger partial charge on any atom is 0.410 e. The van der Waals surface area contributed by atoms with Gasteiger partial charge in [0.1, 0.15) is 18.0 Å². The van der Waals surface area contributed by atoms with E-state index in [0.29, 0.717) is 53.8 Å². The van der Waals surface area contributed by atoms with Crippen LogP contribution in [0.5, 0.6) is 23.3 Å². The molecule has 0 bridgehead atoms. The number of likely N-dealkylation sites (tertiary alicyclic amines) is 1.